The predicted molar refractivity (Wildman–Crippen MR) is 82.3 cm³/mol. The molecule has 0 amide bonds. The lowest BCUT2D eigenvalue weighted by molar-refractivity contribution is 0.151. The second kappa shape index (κ2) is 6.89. The van der Waals surface area contributed by atoms with E-state index in [2.05, 4.69) is 15.9 Å². The SMILES string of the molecule is CC(C)(C#N)CCCN1CCC(N2CCC(N)CC2)C1. The van der Waals surface area contributed by atoms with Crippen LogP contribution in [0.5, 0.6) is 0 Å². The van der Waals surface area contributed by atoms with Gasteiger partial charge in [-0.1, -0.05) is 0 Å². The van der Waals surface area contributed by atoms with Crippen LogP contribution in [-0.2, 0) is 0 Å². The Morgan fingerprint density at radius 3 is 2.55 bits per heavy atom. The second-order valence-electron chi connectivity index (χ2n) is 7.22. The monoisotopic (exact) mass is 278 g/mol. The third kappa shape index (κ3) is 4.44. The molecule has 2 aliphatic heterocycles. The highest BCUT2D eigenvalue weighted by Gasteiger charge is 2.29. The van der Waals surface area contributed by atoms with Gasteiger partial charge in [-0.05, 0) is 72.1 Å². The minimum atomic E-state index is -0.165. The van der Waals surface area contributed by atoms with Crippen molar-refractivity contribution in [2.75, 3.05) is 32.7 Å². The summed E-state index contributed by atoms with van der Waals surface area (Å²) in [6, 6.07) is 3.56. The fourth-order valence-corrected chi connectivity index (χ4v) is 3.40. The number of piperidine rings is 1. The third-order valence-electron chi connectivity index (χ3n) is 4.92. The molecule has 0 aromatic rings. The van der Waals surface area contributed by atoms with Gasteiger partial charge in [-0.15, -0.1) is 0 Å². The van der Waals surface area contributed by atoms with Gasteiger partial charge in [0, 0.05) is 18.6 Å². The molecule has 1 atom stereocenters. The predicted octanol–water partition coefficient (Wildman–Crippen LogP) is 1.81. The van der Waals surface area contributed by atoms with Gasteiger partial charge < -0.3 is 10.6 Å². The zero-order valence-electron chi connectivity index (χ0n) is 13.1. The molecule has 0 saturated carbocycles. The van der Waals surface area contributed by atoms with Crippen LogP contribution < -0.4 is 5.73 Å². The van der Waals surface area contributed by atoms with Crippen LogP contribution in [0.2, 0.25) is 0 Å². The molecule has 4 nitrogen and oxygen atoms in total. The van der Waals surface area contributed by atoms with Gasteiger partial charge in [0.25, 0.3) is 0 Å². The highest BCUT2D eigenvalue weighted by Crippen LogP contribution is 2.23. The molecule has 2 heterocycles. The highest BCUT2D eigenvalue weighted by atomic mass is 15.3. The number of likely N-dealkylation sites (tertiary alicyclic amines) is 2. The van der Waals surface area contributed by atoms with E-state index in [0.29, 0.717) is 6.04 Å². The lowest BCUT2D eigenvalue weighted by Crippen LogP contribution is -2.46. The number of nitrogens with two attached hydrogens (primary N) is 1. The topological polar surface area (TPSA) is 56.3 Å². The summed E-state index contributed by atoms with van der Waals surface area (Å²) in [6.45, 7) is 10.0. The lowest BCUT2D eigenvalue weighted by atomic mass is 9.90. The fourth-order valence-electron chi connectivity index (χ4n) is 3.40. The normalized spacial score (nSPS) is 26.8. The number of hydrogen-bond donors (Lipinski definition) is 1. The van der Waals surface area contributed by atoms with Crippen LogP contribution >= 0.6 is 0 Å². The van der Waals surface area contributed by atoms with E-state index in [1.165, 1.54) is 32.6 Å². The van der Waals surface area contributed by atoms with Gasteiger partial charge in [-0.3, -0.25) is 4.90 Å². The fraction of sp³-hybridized carbons (Fsp3) is 0.938. The lowest BCUT2D eigenvalue weighted by Gasteiger charge is -2.34. The summed E-state index contributed by atoms with van der Waals surface area (Å²) in [5, 5.41) is 9.04. The molecule has 0 radical (unpaired) electrons. The zero-order chi connectivity index (χ0) is 14.6. The maximum Gasteiger partial charge on any atom is 0.0683 e. The summed E-state index contributed by atoms with van der Waals surface area (Å²) >= 11 is 0. The molecule has 20 heavy (non-hydrogen) atoms. The number of hydrogen-bond acceptors (Lipinski definition) is 4. The molecule has 114 valence electrons. The average molecular weight is 278 g/mol. The summed E-state index contributed by atoms with van der Waals surface area (Å²) in [5.74, 6) is 0. The Morgan fingerprint density at radius 1 is 1.20 bits per heavy atom. The van der Waals surface area contributed by atoms with Crippen LogP contribution in [0.3, 0.4) is 0 Å². The Morgan fingerprint density at radius 2 is 1.90 bits per heavy atom. The van der Waals surface area contributed by atoms with Crippen LogP contribution in [0.25, 0.3) is 0 Å². The molecule has 2 saturated heterocycles. The van der Waals surface area contributed by atoms with E-state index in [1.54, 1.807) is 0 Å². The molecule has 2 fully saturated rings. The van der Waals surface area contributed by atoms with Crippen molar-refractivity contribution in [2.24, 2.45) is 11.1 Å². The van der Waals surface area contributed by atoms with Crippen molar-refractivity contribution < 1.29 is 0 Å². The summed E-state index contributed by atoms with van der Waals surface area (Å²) in [7, 11) is 0. The Bertz CT molecular complexity index is 339. The highest BCUT2D eigenvalue weighted by molar-refractivity contribution is 4.92. The third-order valence-corrected chi connectivity index (χ3v) is 4.92. The zero-order valence-corrected chi connectivity index (χ0v) is 13.1. The summed E-state index contributed by atoms with van der Waals surface area (Å²) in [4.78, 5) is 5.22. The van der Waals surface area contributed by atoms with E-state index in [1.807, 2.05) is 13.8 Å². The maximum absolute atomic E-state index is 9.04. The first kappa shape index (κ1) is 15.8. The van der Waals surface area contributed by atoms with Gasteiger partial charge in [0.05, 0.1) is 11.5 Å². The Labute approximate surface area is 123 Å². The van der Waals surface area contributed by atoms with Gasteiger partial charge in [-0.25, -0.2) is 0 Å². The van der Waals surface area contributed by atoms with Gasteiger partial charge in [0.1, 0.15) is 0 Å². The molecule has 0 aromatic carbocycles. The molecule has 2 aliphatic rings. The molecule has 2 rings (SSSR count). The molecule has 0 aliphatic carbocycles. The molecule has 1 unspecified atom stereocenters. The van der Waals surface area contributed by atoms with Gasteiger partial charge in [-0.2, -0.15) is 5.26 Å². The second-order valence-corrected chi connectivity index (χ2v) is 7.22. The van der Waals surface area contributed by atoms with E-state index in [4.69, 9.17) is 11.0 Å². The quantitative estimate of drug-likeness (QED) is 0.833. The van der Waals surface area contributed by atoms with Gasteiger partial charge >= 0.3 is 0 Å². The summed E-state index contributed by atoms with van der Waals surface area (Å²) < 4.78 is 0. The number of nitrogens with zero attached hydrogens (tertiary/aromatic N) is 3. The summed E-state index contributed by atoms with van der Waals surface area (Å²) in [6.07, 6.45) is 5.76. The average Bonchev–Trinajstić information content (AvgIpc) is 2.88. The Balaban J connectivity index is 1.67. The molecule has 0 aromatic heterocycles. The molecule has 2 N–H and O–H groups in total. The minimum absolute atomic E-state index is 0.165. The van der Waals surface area contributed by atoms with E-state index in [-0.39, 0.29) is 5.41 Å². The van der Waals surface area contributed by atoms with Crippen LogP contribution in [-0.4, -0.2) is 54.6 Å². The molecule has 0 spiro atoms. The van der Waals surface area contributed by atoms with Crippen LogP contribution in [0, 0.1) is 16.7 Å². The largest absolute Gasteiger partial charge is 0.328 e. The van der Waals surface area contributed by atoms with Crippen LogP contribution in [0.1, 0.15) is 46.0 Å². The van der Waals surface area contributed by atoms with Crippen molar-refractivity contribution >= 4 is 0 Å². The number of nitriles is 1. The van der Waals surface area contributed by atoms with Crippen molar-refractivity contribution in [3.8, 4) is 6.07 Å². The van der Waals surface area contributed by atoms with Crippen LogP contribution in [0.15, 0.2) is 0 Å². The van der Waals surface area contributed by atoms with E-state index in [0.717, 1.165) is 38.3 Å². The van der Waals surface area contributed by atoms with E-state index < -0.39 is 0 Å². The first-order valence-electron chi connectivity index (χ1n) is 8.13. The van der Waals surface area contributed by atoms with Crippen molar-refractivity contribution in [3.05, 3.63) is 0 Å². The first-order chi connectivity index (χ1) is 9.50. The van der Waals surface area contributed by atoms with Crippen molar-refractivity contribution in [1.82, 2.24) is 9.80 Å². The van der Waals surface area contributed by atoms with Gasteiger partial charge in [0.2, 0.25) is 0 Å². The molecular weight excluding hydrogens is 248 g/mol. The minimum Gasteiger partial charge on any atom is -0.328 e. The molecular formula is C16H30N4. The van der Waals surface area contributed by atoms with E-state index in [9.17, 15) is 0 Å². The molecule has 4 heteroatoms. The summed E-state index contributed by atoms with van der Waals surface area (Å²) in [5.41, 5.74) is 5.81. The van der Waals surface area contributed by atoms with Crippen LogP contribution in [0.4, 0.5) is 0 Å². The Kier molecular flexibility index (Phi) is 5.42. The Hall–Kier alpha value is -0.630. The van der Waals surface area contributed by atoms with Gasteiger partial charge in [0.15, 0.2) is 0 Å². The standard InChI is InChI=1S/C16H30N4/c1-16(2,13-17)7-3-8-19-9-6-15(12-19)20-10-4-14(18)5-11-20/h14-15H,3-12,18H2,1-2H3. The van der Waals surface area contributed by atoms with E-state index >= 15 is 0 Å². The first-order valence-corrected chi connectivity index (χ1v) is 8.13. The smallest absolute Gasteiger partial charge is 0.0683 e. The van der Waals surface area contributed by atoms with Crippen molar-refractivity contribution in [2.45, 2.75) is 58.0 Å². The maximum atomic E-state index is 9.04. The number of rotatable bonds is 5. The van der Waals surface area contributed by atoms with Crippen molar-refractivity contribution in [3.63, 3.8) is 0 Å². The van der Waals surface area contributed by atoms with Crippen molar-refractivity contribution in [1.29, 1.82) is 5.26 Å². The molecule has 0 bridgehead atoms.